The third-order valence-corrected chi connectivity index (χ3v) is 5.15. The Hall–Kier alpha value is -1.74. The van der Waals surface area contributed by atoms with Crippen molar-refractivity contribution in [2.45, 2.75) is 23.8 Å². The molecule has 1 aliphatic rings. The van der Waals surface area contributed by atoms with Crippen molar-refractivity contribution in [2.24, 2.45) is 0 Å². The lowest BCUT2D eigenvalue weighted by Gasteiger charge is -2.11. The minimum absolute atomic E-state index is 0.296. The van der Waals surface area contributed by atoms with Gasteiger partial charge in [0.2, 0.25) is 0 Å². The van der Waals surface area contributed by atoms with Crippen LogP contribution in [0.1, 0.15) is 40.4 Å². The van der Waals surface area contributed by atoms with Crippen LogP contribution in [0.3, 0.4) is 0 Å². The molecule has 2 aromatic rings. The standard InChI is InChI=1S/C17H13Cl2N3OS/c1-24-17-12(8-20)11(7-15(22-17)9-2-3-9)16(23)21-10-4-5-13(18)14(19)6-10/h4-7,9H,2-3H2,1H3,(H,21,23). The maximum atomic E-state index is 12.7. The Balaban J connectivity index is 1.97. The summed E-state index contributed by atoms with van der Waals surface area (Å²) in [4.78, 5) is 17.2. The molecule has 1 N–H and O–H groups in total. The number of rotatable bonds is 4. The summed E-state index contributed by atoms with van der Waals surface area (Å²) in [7, 11) is 0. The van der Waals surface area contributed by atoms with Gasteiger partial charge in [-0.3, -0.25) is 4.79 Å². The number of amides is 1. The van der Waals surface area contributed by atoms with Gasteiger partial charge in [0.15, 0.2) is 0 Å². The number of pyridine rings is 1. The van der Waals surface area contributed by atoms with E-state index >= 15 is 0 Å². The van der Waals surface area contributed by atoms with Gasteiger partial charge >= 0.3 is 0 Å². The van der Waals surface area contributed by atoms with Crippen LogP contribution in [-0.2, 0) is 0 Å². The van der Waals surface area contributed by atoms with Crippen LogP contribution in [0.25, 0.3) is 0 Å². The van der Waals surface area contributed by atoms with Crippen molar-refractivity contribution in [3.63, 3.8) is 0 Å². The number of carbonyl (C=O) groups is 1. The molecule has 0 saturated heterocycles. The molecule has 0 aliphatic heterocycles. The molecule has 1 amide bonds. The Morgan fingerprint density at radius 1 is 1.33 bits per heavy atom. The van der Waals surface area contributed by atoms with E-state index in [1.807, 2.05) is 6.26 Å². The van der Waals surface area contributed by atoms with Gasteiger partial charge in [0, 0.05) is 17.3 Å². The van der Waals surface area contributed by atoms with E-state index in [0.717, 1.165) is 18.5 Å². The van der Waals surface area contributed by atoms with E-state index in [4.69, 9.17) is 23.2 Å². The van der Waals surface area contributed by atoms with E-state index < -0.39 is 0 Å². The summed E-state index contributed by atoms with van der Waals surface area (Å²) in [6, 6.07) is 8.67. The lowest BCUT2D eigenvalue weighted by molar-refractivity contribution is 0.102. The van der Waals surface area contributed by atoms with Gasteiger partial charge in [-0.05, 0) is 43.4 Å². The van der Waals surface area contributed by atoms with Crippen LogP contribution in [0, 0.1) is 11.3 Å². The molecule has 1 saturated carbocycles. The first-order valence-electron chi connectivity index (χ1n) is 7.29. The third-order valence-electron chi connectivity index (χ3n) is 3.73. The molecular weight excluding hydrogens is 365 g/mol. The van der Waals surface area contributed by atoms with Crippen LogP contribution in [-0.4, -0.2) is 17.1 Å². The molecule has 0 bridgehead atoms. The van der Waals surface area contributed by atoms with Crippen LogP contribution in [0.2, 0.25) is 10.0 Å². The normalized spacial score (nSPS) is 13.4. The predicted octanol–water partition coefficient (Wildman–Crippen LogP) is 5.11. The highest BCUT2D eigenvalue weighted by Crippen LogP contribution is 2.40. The summed E-state index contributed by atoms with van der Waals surface area (Å²) >= 11 is 13.2. The quantitative estimate of drug-likeness (QED) is 0.751. The van der Waals surface area contributed by atoms with Crippen LogP contribution >= 0.6 is 35.0 Å². The number of aromatic nitrogens is 1. The number of anilines is 1. The van der Waals surface area contributed by atoms with Crippen LogP contribution in [0.4, 0.5) is 5.69 Å². The summed E-state index contributed by atoms with van der Waals surface area (Å²) in [6.07, 6.45) is 3.99. The fourth-order valence-corrected chi connectivity index (χ4v) is 3.19. The summed E-state index contributed by atoms with van der Waals surface area (Å²) in [6.45, 7) is 0. The minimum Gasteiger partial charge on any atom is -0.322 e. The first-order chi connectivity index (χ1) is 11.5. The first kappa shape index (κ1) is 17.1. The number of thioether (sulfide) groups is 1. The van der Waals surface area contributed by atoms with Gasteiger partial charge < -0.3 is 5.32 Å². The summed E-state index contributed by atoms with van der Waals surface area (Å²) in [5, 5.41) is 13.6. The summed E-state index contributed by atoms with van der Waals surface area (Å²) < 4.78 is 0. The Morgan fingerprint density at radius 3 is 2.67 bits per heavy atom. The number of nitrogens with one attached hydrogen (secondary N) is 1. The monoisotopic (exact) mass is 377 g/mol. The van der Waals surface area contributed by atoms with Crippen LogP contribution < -0.4 is 5.32 Å². The number of hydrogen-bond donors (Lipinski definition) is 1. The zero-order valence-corrected chi connectivity index (χ0v) is 15.1. The van der Waals surface area contributed by atoms with Gasteiger partial charge in [-0.1, -0.05) is 23.2 Å². The second-order valence-corrected chi connectivity index (χ2v) is 7.06. The number of hydrogen-bond acceptors (Lipinski definition) is 4. The fourth-order valence-electron chi connectivity index (χ4n) is 2.34. The lowest BCUT2D eigenvalue weighted by atomic mass is 10.1. The molecule has 1 heterocycles. The molecule has 0 atom stereocenters. The highest BCUT2D eigenvalue weighted by molar-refractivity contribution is 7.98. The maximum absolute atomic E-state index is 12.7. The van der Waals surface area contributed by atoms with Crippen molar-refractivity contribution < 1.29 is 4.79 Å². The minimum atomic E-state index is -0.357. The van der Waals surface area contributed by atoms with Crippen molar-refractivity contribution in [1.29, 1.82) is 5.26 Å². The molecule has 1 aliphatic carbocycles. The van der Waals surface area contributed by atoms with Crippen molar-refractivity contribution in [3.8, 4) is 6.07 Å². The van der Waals surface area contributed by atoms with E-state index in [9.17, 15) is 10.1 Å². The number of halogens is 2. The second-order valence-electron chi connectivity index (χ2n) is 5.45. The molecule has 122 valence electrons. The largest absolute Gasteiger partial charge is 0.322 e. The van der Waals surface area contributed by atoms with Crippen molar-refractivity contribution in [2.75, 3.05) is 11.6 Å². The van der Waals surface area contributed by atoms with Crippen molar-refractivity contribution in [3.05, 3.63) is 51.1 Å². The van der Waals surface area contributed by atoms with E-state index in [1.165, 1.54) is 11.8 Å². The second kappa shape index (κ2) is 7.02. The Morgan fingerprint density at radius 2 is 2.08 bits per heavy atom. The first-order valence-corrected chi connectivity index (χ1v) is 9.27. The summed E-state index contributed by atoms with van der Waals surface area (Å²) in [5.74, 6) is 0.0321. The molecule has 1 aromatic carbocycles. The van der Waals surface area contributed by atoms with Gasteiger partial charge in [-0.25, -0.2) is 4.98 Å². The Bertz CT molecular complexity index is 860. The van der Waals surface area contributed by atoms with E-state index in [-0.39, 0.29) is 5.91 Å². The number of carbonyl (C=O) groups excluding carboxylic acids is 1. The number of nitriles is 1. The molecule has 24 heavy (non-hydrogen) atoms. The molecule has 1 aromatic heterocycles. The number of benzene rings is 1. The molecule has 1 fully saturated rings. The molecule has 0 spiro atoms. The van der Waals surface area contributed by atoms with Gasteiger partial charge in [0.1, 0.15) is 11.1 Å². The lowest BCUT2D eigenvalue weighted by Crippen LogP contribution is -2.15. The molecule has 7 heteroatoms. The van der Waals surface area contributed by atoms with E-state index in [1.54, 1.807) is 24.3 Å². The third kappa shape index (κ3) is 3.51. The Kier molecular flexibility index (Phi) is 5.00. The summed E-state index contributed by atoms with van der Waals surface area (Å²) in [5.41, 5.74) is 2.03. The average Bonchev–Trinajstić information content (AvgIpc) is 3.41. The highest BCUT2D eigenvalue weighted by atomic mass is 35.5. The molecule has 3 rings (SSSR count). The highest BCUT2D eigenvalue weighted by Gasteiger charge is 2.28. The van der Waals surface area contributed by atoms with Crippen LogP contribution in [0.15, 0.2) is 29.3 Å². The molecule has 0 unspecified atom stereocenters. The van der Waals surface area contributed by atoms with E-state index in [0.29, 0.717) is 37.8 Å². The maximum Gasteiger partial charge on any atom is 0.257 e. The van der Waals surface area contributed by atoms with Gasteiger partial charge in [0.25, 0.3) is 5.91 Å². The van der Waals surface area contributed by atoms with Crippen molar-refractivity contribution in [1.82, 2.24) is 4.98 Å². The zero-order chi connectivity index (χ0) is 17.3. The van der Waals surface area contributed by atoms with Gasteiger partial charge in [0.05, 0.1) is 21.2 Å². The van der Waals surface area contributed by atoms with Gasteiger partial charge in [-0.15, -0.1) is 11.8 Å². The van der Waals surface area contributed by atoms with Crippen molar-refractivity contribution >= 4 is 46.6 Å². The fraction of sp³-hybridized carbons (Fsp3) is 0.235. The topological polar surface area (TPSA) is 65.8 Å². The Labute approximate surface area is 154 Å². The molecule has 0 radical (unpaired) electrons. The van der Waals surface area contributed by atoms with Gasteiger partial charge in [-0.2, -0.15) is 5.26 Å². The zero-order valence-electron chi connectivity index (χ0n) is 12.8. The van der Waals surface area contributed by atoms with Crippen LogP contribution in [0.5, 0.6) is 0 Å². The van der Waals surface area contributed by atoms with E-state index in [2.05, 4.69) is 16.4 Å². The molecular formula is C17H13Cl2N3OS. The average molecular weight is 378 g/mol. The SMILES string of the molecule is CSc1nc(C2CC2)cc(C(=O)Nc2ccc(Cl)c(Cl)c2)c1C#N. The predicted molar refractivity (Wildman–Crippen MR) is 97.1 cm³/mol. The number of nitrogens with zero attached hydrogens (tertiary/aromatic N) is 2. The smallest absolute Gasteiger partial charge is 0.257 e. The molecule has 4 nitrogen and oxygen atoms in total.